The number of likely N-dealkylation sites (tertiary alicyclic amines) is 1. The van der Waals surface area contributed by atoms with Crippen molar-refractivity contribution in [3.63, 3.8) is 0 Å². The van der Waals surface area contributed by atoms with Crippen LogP contribution in [0.25, 0.3) is 0 Å². The fraction of sp³-hybridized carbons (Fsp3) is 0.591. The molecule has 1 amide bonds. The molecule has 4 rings (SSSR count). The Hall–Kier alpha value is -2.21. The van der Waals surface area contributed by atoms with Crippen LogP contribution in [0.3, 0.4) is 0 Å². The Morgan fingerprint density at radius 2 is 2.07 bits per heavy atom. The monoisotopic (exact) mass is 382 g/mol. The molecule has 2 fully saturated rings. The number of hydrogen-bond donors (Lipinski definition) is 1. The smallest absolute Gasteiger partial charge is 0.289 e. The summed E-state index contributed by atoms with van der Waals surface area (Å²) in [4.78, 5) is 19.3. The zero-order chi connectivity index (χ0) is 19.2. The van der Waals surface area contributed by atoms with Gasteiger partial charge in [0.15, 0.2) is 0 Å². The minimum absolute atomic E-state index is 0.134. The second kappa shape index (κ2) is 9.32. The van der Waals surface area contributed by atoms with Gasteiger partial charge in [0.05, 0.1) is 11.4 Å². The van der Waals surface area contributed by atoms with Crippen LogP contribution >= 0.6 is 0 Å². The molecule has 28 heavy (non-hydrogen) atoms. The molecule has 6 nitrogen and oxygen atoms in total. The average molecular weight is 383 g/mol. The maximum absolute atomic E-state index is 12.4. The van der Waals surface area contributed by atoms with Gasteiger partial charge in [0.25, 0.3) is 5.91 Å². The first-order valence-corrected chi connectivity index (χ1v) is 10.6. The molecule has 0 unspecified atom stereocenters. The van der Waals surface area contributed by atoms with Crippen LogP contribution in [0.2, 0.25) is 0 Å². The molecule has 2 aromatic heterocycles. The summed E-state index contributed by atoms with van der Waals surface area (Å²) in [7, 11) is 0. The van der Waals surface area contributed by atoms with E-state index in [0.717, 1.165) is 50.4 Å². The van der Waals surface area contributed by atoms with Crippen LogP contribution in [0.1, 0.15) is 72.8 Å². The van der Waals surface area contributed by atoms with E-state index in [1.165, 1.54) is 32.1 Å². The molecular weight excluding hydrogens is 352 g/mol. The third-order valence-electron chi connectivity index (χ3n) is 6.06. The lowest BCUT2D eigenvalue weighted by Gasteiger charge is -2.31. The molecule has 150 valence electrons. The summed E-state index contributed by atoms with van der Waals surface area (Å²) >= 11 is 0. The van der Waals surface area contributed by atoms with Gasteiger partial charge in [-0.15, -0.1) is 0 Å². The Bertz CT molecular complexity index is 755. The van der Waals surface area contributed by atoms with E-state index in [0.29, 0.717) is 17.6 Å². The molecule has 0 aromatic carbocycles. The molecule has 1 saturated heterocycles. The van der Waals surface area contributed by atoms with Gasteiger partial charge in [0.2, 0.25) is 5.76 Å². The van der Waals surface area contributed by atoms with E-state index in [9.17, 15) is 4.79 Å². The summed E-state index contributed by atoms with van der Waals surface area (Å²) in [6, 6.07) is 7.87. The molecule has 1 saturated carbocycles. The van der Waals surface area contributed by atoms with Gasteiger partial charge in [-0.05, 0) is 50.3 Å². The predicted octanol–water partition coefficient (Wildman–Crippen LogP) is 3.76. The van der Waals surface area contributed by atoms with Crippen LogP contribution < -0.4 is 5.32 Å². The van der Waals surface area contributed by atoms with E-state index in [2.05, 4.69) is 26.4 Å². The Morgan fingerprint density at radius 3 is 2.89 bits per heavy atom. The molecule has 1 atom stereocenters. The second-order valence-corrected chi connectivity index (χ2v) is 8.23. The Morgan fingerprint density at radius 1 is 1.18 bits per heavy atom. The number of nitrogens with one attached hydrogen (secondary N) is 1. The van der Waals surface area contributed by atoms with Crippen LogP contribution in [0.15, 0.2) is 35.0 Å². The number of hydrogen-bond acceptors (Lipinski definition) is 5. The van der Waals surface area contributed by atoms with E-state index < -0.39 is 0 Å². The molecule has 2 aliphatic rings. The molecule has 2 aromatic rings. The van der Waals surface area contributed by atoms with E-state index >= 15 is 0 Å². The molecule has 0 radical (unpaired) electrons. The summed E-state index contributed by atoms with van der Waals surface area (Å²) < 4.78 is 5.38. The molecule has 6 heteroatoms. The highest BCUT2D eigenvalue weighted by atomic mass is 16.5. The lowest BCUT2D eigenvalue weighted by molar-refractivity contribution is 0.0906. The molecular formula is C22H30N4O2. The van der Waals surface area contributed by atoms with Gasteiger partial charge in [-0.1, -0.05) is 30.5 Å². The van der Waals surface area contributed by atoms with Crippen LogP contribution in [-0.4, -0.2) is 40.6 Å². The highest BCUT2D eigenvalue weighted by molar-refractivity contribution is 5.91. The summed E-state index contributed by atoms with van der Waals surface area (Å²) in [5, 5.41) is 7.25. The lowest BCUT2D eigenvalue weighted by atomic mass is 9.89. The van der Waals surface area contributed by atoms with Crippen molar-refractivity contribution >= 4 is 5.91 Å². The standard InChI is InChI=1S/C22H30N4O2/c27-22(24-14-17-7-2-1-3-8-17)21-13-20(25-28-21)18-9-6-12-26(15-18)16-19-10-4-5-11-23-19/h4-5,10-11,13,17-18H,1-3,6-9,12,14-16H2,(H,24,27)/t18-/m0/s1. The first-order valence-electron chi connectivity index (χ1n) is 10.6. The van der Waals surface area contributed by atoms with Crippen molar-refractivity contribution in [3.05, 3.63) is 47.6 Å². The molecule has 3 heterocycles. The summed E-state index contributed by atoms with van der Waals surface area (Å²) in [6.45, 7) is 3.59. The molecule has 1 aliphatic heterocycles. The van der Waals surface area contributed by atoms with Gasteiger partial charge in [0, 0.05) is 37.8 Å². The Kier molecular flexibility index (Phi) is 6.37. The van der Waals surface area contributed by atoms with Gasteiger partial charge in [-0.2, -0.15) is 0 Å². The van der Waals surface area contributed by atoms with Crippen molar-refractivity contribution in [1.82, 2.24) is 20.4 Å². The summed E-state index contributed by atoms with van der Waals surface area (Å²) in [5.74, 6) is 1.12. The SMILES string of the molecule is O=C(NCC1CCCCC1)c1cc([C@H]2CCCN(Cc3ccccn3)C2)no1. The number of carbonyl (C=O) groups is 1. The number of amides is 1. The first kappa shape index (κ1) is 19.1. The molecule has 0 bridgehead atoms. The topological polar surface area (TPSA) is 71.3 Å². The zero-order valence-electron chi connectivity index (χ0n) is 16.5. The third-order valence-corrected chi connectivity index (χ3v) is 6.06. The van der Waals surface area contributed by atoms with Crippen molar-refractivity contribution in [2.24, 2.45) is 5.92 Å². The molecule has 0 spiro atoms. The average Bonchev–Trinajstić information content (AvgIpc) is 3.24. The fourth-order valence-corrected chi connectivity index (χ4v) is 4.47. The van der Waals surface area contributed by atoms with Gasteiger partial charge in [-0.3, -0.25) is 14.7 Å². The van der Waals surface area contributed by atoms with Gasteiger partial charge in [-0.25, -0.2) is 0 Å². The Balaban J connectivity index is 1.30. The van der Waals surface area contributed by atoms with Crippen LogP contribution in [0.5, 0.6) is 0 Å². The van der Waals surface area contributed by atoms with Crippen LogP contribution in [0.4, 0.5) is 0 Å². The normalized spacial score (nSPS) is 21.5. The number of carbonyl (C=O) groups excluding carboxylic acids is 1. The quantitative estimate of drug-likeness (QED) is 0.824. The summed E-state index contributed by atoms with van der Waals surface area (Å²) in [5.41, 5.74) is 1.99. The first-order chi connectivity index (χ1) is 13.8. The minimum Gasteiger partial charge on any atom is -0.351 e. The van der Waals surface area contributed by atoms with Crippen molar-refractivity contribution in [2.75, 3.05) is 19.6 Å². The Labute approximate surface area is 166 Å². The fourth-order valence-electron chi connectivity index (χ4n) is 4.47. The number of aromatic nitrogens is 2. The molecule has 1 N–H and O–H groups in total. The van der Waals surface area contributed by atoms with Crippen molar-refractivity contribution < 1.29 is 9.32 Å². The number of piperidine rings is 1. The highest BCUT2D eigenvalue weighted by Gasteiger charge is 2.26. The highest BCUT2D eigenvalue weighted by Crippen LogP contribution is 2.27. The minimum atomic E-state index is -0.134. The molecule has 1 aliphatic carbocycles. The van der Waals surface area contributed by atoms with Crippen molar-refractivity contribution in [2.45, 2.75) is 57.4 Å². The van der Waals surface area contributed by atoms with E-state index in [4.69, 9.17) is 4.52 Å². The maximum Gasteiger partial charge on any atom is 0.289 e. The van der Waals surface area contributed by atoms with E-state index in [1.807, 2.05) is 24.4 Å². The van der Waals surface area contributed by atoms with Crippen molar-refractivity contribution in [3.8, 4) is 0 Å². The lowest BCUT2D eigenvalue weighted by Crippen LogP contribution is -2.34. The van der Waals surface area contributed by atoms with Crippen LogP contribution in [-0.2, 0) is 6.54 Å². The van der Waals surface area contributed by atoms with E-state index in [1.54, 1.807) is 0 Å². The van der Waals surface area contributed by atoms with Gasteiger partial charge < -0.3 is 9.84 Å². The summed E-state index contributed by atoms with van der Waals surface area (Å²) in [6.07, 6.45) is 10.4. The largest absolute Gasteiger partial charge is 0.351 e. The van der Waals surface area contributed by atoms with Gasteiger partial charge in [0.1, 0.15) is 0 Å². The number of nitrogens with zero attached hydrogens (tertiary/aromatic N) is 3. The number of pyridine rings is 1. The zero-order valence-corrected chi connectivity index (χ0v) is 16.5. The van der Waals surface area contributed by atoms with Gasteiger partial charge >= 0.3 is 0 Å². The number of rotatable bonds is 6. The van der Waals surface area contributed by atoms with E-state index in [-0.39, 0.29) is 5.91 Å². The van der Waals surface area contributed by atoms with Crippen LogP contribution in [0, 0.1) is 5.92 Å². The maximum atomic E-state index is 12.4. The predicted molar refractivity (Wildman–Crippen MR) is 107 cm³/mol. The third kappa shape index (κ3) is 4.98. The van der Waals surface area contributed by atoms with Crippen molar-refractivity contribution in [1.29, 1.82) is 0 Å². The second-order valence-electron chi connectivity index (χ2n) is 8.23.